The standard InChI is InChI=1S/C16H22N2OS/c1-10(2)14-6-7-15(11(3)8-14)18-16(19)12(4)13(5)17-9-20/h6-10H,1-5H3,(H,17,20)(H,18,19)/b13-12+. The Morgan fingerprint density at radius 1 is 1.30 bits per heavy atom. The summed E-state index contributed by atoms with van der Waals surface area (Å²) in [5, 5.41) is 5.79. The molecule has 3 nitrogen and oxygen atoms in total. The van der Waals surface area contributed by atoms with Crippen LogP contribution >= 0.6 is 12.2 Å². The van der Waals surface area contributed by atoms with Crippen molar-refractivity contribution in [2.75, 3.05) is 5.32 Å². The first-order valence-corrected chi connectivity index (χ1v) is 7.13. The Labute approximate surface area is 126 Å². The van der Waals surface area contributed by atoms with E-state index in [1.165, 1.54) is 11.1 Å². The number of anilines is 1. The number of hydrogen-bond acceptors (Lipinski definition) is 2. The molecule has 20 heavy (non-hydrogen) atoms. The largest absolute Gasteiger partial charge is 0.356 e. The van der Waals surface area contributed by atoms with Gasteiger partial charge in [-0.25, -0.2) is 0 Å². The topological polar surface area (TPSA) is 41.1 Å². The van der Waals surface area contributed by atoms with Gasteiger partial charge in [-0.15, -0.1) is 0 Å². The number of benzene rings is 1. The van der Waals surface area contributed by atoms with Crippen molar-refractivity contribution in [3.05, 3.63) is 40.6 Å². The van der Waals surface area contributed by atoms with Gasteiger partial charge in [0.1, 0.15) is 0 Å². The molecule has 0 atom stereocenters. The van der Waals surface area contributed by atoms with E-state index in [4.69, 9.17) is 12.2 Å². The van der Waals surface area contributed by atoms with Crippen LogP contribution in [0, 0.1) is 6.92 Å². The third-order valence-corrected chi connectivity index (χ3v) is 3.46. The van der Waals surface area contributed by atoms with Gasteiger partial charge >= 0.3 is 0 Å². The van der Waals surface area contributed by atoms with E-state index < -0.39 is 0 Å². The minimum atomic E-state index is -0.118. The van der Waals surface area contributed by atoms with Gasteiger partial charge in [0.15, 0.2) is 0 Å². The molecular formula is C16H22N2OS. The molecule has 1 amide bonds. The lowest BCUT2D eigenvalue weighted by Gasteiger charge is -2.13. The highest BCUT2D eigenvalue weighted by Crippen LogP contribution is 2.22. The Morgan fingerprint density at radius 3 is 2.45 bits per heavy atom. The van der Waals surface area contributed by atoms with Gasteiger partial charge in [0, 0.05) is 17.0 Å². The second-order valence-electron chi connectivity index (χ2n) is 5.20. The molecule has 0 fully saturated rings. The lowest BCUT2D eigenvalue weighted by molar-refractivity contribution is -0.112. The van der Waals surface area contributed by atoms with Crippen LogP contribution < -0.4 is 10.6 Å². The molecule has 0 aliphatic carbocycles. The van der Waals surface area contributed by atoms with Crippen molar-refractivity contribution in [2.24, 2.45) is 0 Å². The van der Waals surface area contributed by atoms with Gasteiger partial charge in [0.05, 0.1) is 5.49 Å². The molecule has 1 aromatic carbocycles. The van der Waals surface area contributed by atoms with Crippen LogP contribution in [0.4, 0.5) is 5.69 Å². The molecule has 2 N–H and O–H groups in total. The monoisotopic (exact) mass is 290 g/mol. The first-order chi connectivity index (χ1) is 9.36. The minimum absolute atomic E-state index is 0.118. The van der Waals surface area contributed by atoms with E-state index in [-0.39, 0.29) is 5.91 Å². The van der Waals surface area contributed by atoms with Crippen LogP contribution in [0.2, 0.25) is 0 Å². The third-order valence-electron chi connectivity index (χ3n) is 3.34. The Morgan fingerprint density at radius 2 is 1.95 bits per heavy atom. The third kappa shape index (κ3) is 4.17. The Kier molecular flexibility index (Phi) is 5.89. The molecule has 0 spiro atoms. The summed E-state index contributed by atoms with van der Waals surface area (Å²) in [5.41, 5.74) is 5.96. The minimum Gasteiger partial charge on any atom is -0.356 e. The van der Waals surface area contributed by atoms with Gasteiger partial charge in [0.25, 0.3) is 5.91 Å². The van der Waals surface area contributed by atoms with Crippen LogP contribution in [-0.2, 0) is 4.79 Å². The zero-order valence-corrected chi connectivity index (χ0v) is 13.5. The number of allylic oxidation sites excluding steroid dienone is 1. The number of carbonyl (C=O) groups is 1. The van der Waals surface area contributed by atoms with Crippen LogP contribution in [-0.4, -0.2) is 11.4 Å². The molecule has 0 saturated carbocycles. The smallest absolute Gasteiger partial charge is 0.253 e. The maximum Gasteiger partial charge on any atom is 0.253 e. The lowest BCUT2D eigenvalue weighted by Crippen LogP contribution is -2.19. The molecule has 0 aromatic heterocycles. The van der Waals surface area contributed by atoms with Crippen molar-refractivity contribution in [1.82, 2.24) is 5.32 Å². The number of carbonyl (C=O) groups excluding carboxylic acids is 1. The van der Waals surface area contributed by atoms with Crippen LogP contribution in [0.3, 0.4) is 0 Å². The molecule has 0 aliphatic heterocycles. The Hall–Kier alpha value is -1.68. The molecular weight excluding hydrogens is 268 g/mol. The second-order valence-corrected chi connectivity index (χ2v) is 5.43. The van der Waals surface area contributed by atoms with Crippen LogP contribution in [0.5, 0.6) is 0 Å². The van der Waals surface area contributed by atoms with E-state index in [9.17, 15) is 4.79 Å². The number of aryl methyl sites for hydroxylation is 1. The van der Waals surface area contributed by atoms with Gasteiger partial charge in [0.2, 0.25) is 0 Å². The highest BCUT2D eigenvalue weighted by Gasteiger charge is 2.10. The van der Waals surface area contributed by atoms with Crippen molar-refractivity contribution in [3.63, 3.8) is 0 Å². The average Bonchev–Trinajstić information content (AvgIpc) is 2.40. The molecule has 1 rings (SSSR count). The predicted molar refractivity (Wildman–Crippen MR) is 89.1 cm³/mol. The second kappa shape index (κ2) is 7.20. The summed E-state index contributed by atoms with van der Waals surface area (Å²) in [6.45, 7) is 9.91. The van der Waals surface area contributed by atoms with E-state index in [2.05, 4.69) is 36.6 Å². The van der Waals surface area contributed by atoms with Crippen molar-refractivity contribution < 1.29 is 4.79 Å². The maximum absolute atomic E-state index is 12.1. The zero-order valence-electron chi connectivity index (χ0n) is 12.7. The van der Waals surface area contributed by atoms with E-state index >= 15 is 0 Å². The van der Waals surface area contributed by atoms with Crippen molar-refractivity contribution in [3.8, 4) is 0 Å². The fourth-order valence-corrected chi connectivity index (χ4v) is 1.95. The number of thiocarbonyl (C=S) groups is 1. The summed E-state index contributed by atoms with van der Waals surface area (Å²) in [7, 11) is 0. The molecule has 0 unspecified atom stereocenters. The van der Waals surface area contributed by atoms with Gasteiger partial charge in [-0.2, -0.15) is 0 Å². The average molecular weight is 290 g/mol. The summed E-state index contributed by atoms with van der Waals surface area (Å²) in [5.74, 6) is 0.362. The lowest BCUT2D eigenvalue weighted by atomic mass is 10.00. The first kappa shape index (κ1) is 16.4. The number of rotatable bonds is 5. The van der Waals surface area contributed by atoms with Crippen LogP contribution in [0.15, 0.2) is 29.5 Å². The van der Waals surface area contributed by atoms with Gasteiger partial charge in [-0.1, -0.05) is 38.2 Å². The van der Waals surface area contributed by atoms with Crippen LogP contribution in [0.1, 0.15) is 44.7 Å². The van der Waals surface area contributed by atoms with Gasteiger partial charge in [-0.05, 0) is 43.9 Å². The molecule has 108 valence electrons. The molecule has 0 bridgehead atoms. The molecule has 0 saturated heterocycles. The summed E-state index contributed by atoms with van der Waals surface area (Å²) in [6, 6.07) is 6.12. The first-order valence-electron chi connectivity index (χ1n) is 6.66. The predicted octanol–water partition coefficient (Wildman–Crippen LogP) is 3.90. The quantitative estimate of drug-likeness (QED) is 0.638. The molecule has 0 heterocycles. The summed E-state index contributed by atoms with van der Waals surface area (Å²) in [4.78, 5) is 12.1. The van der Waals surface area contributed by atoms with Crippen molar-refractivity contribution in [2.45, 2.75) is 40.5 Å². The van der Waals surface area contributed by atoms with Crippen molar-refractivity contribution in [1.29, 1.82) is 0 Å². The molecule has 0 aliphatic rings. The number of nitrogens with one attached hydrogen (secondary N) is 2. The fourth-order valence-electron chi connectivity index (χ4n) is 1.77. The van der Waals surface area contributed by atoms with E-state index in [0.29, 0.717) is 11.5 Å². The molecule has 1 aromatic rings. The Bertz CT molecular complexity index is 547. The molecule has 0 radical (unpaired) electrons. The van der Waals surface area contributed by atoms with Crippen molar-refractivity contribution >= 4 is 29.3 Å². The highest BCUT2D eigenvalue weighted by molar-refractivity contribution is 7.78. The normalized spacial score (nSPS) is 11.9. The summed E-state index contributed by atoms with van der Waals surface area (Å²) < 4.78 is 0. The zero-order chi connectivity index (χ0) is 15.3. The maximum atomic E-state index is 12.1. The summed E-state index contributed by atoms with van der Waals surface area (Å²) >= 11 is 4.72. The van der Waals surface area contributed by atoms with Crippen LogP contribution in [0.25, 0.3) is 0 Å². The molecule has 4 heteroatoms. The number of amides is 1. The SMILES string of the molecule is C/C(NC=S)=C(/C)C(=O)Nc1ccc(C(C)C)cc1C. The van der Waals surface area contributed by atoms with Gasteiger partial charge < -0.3 is 10.6 Å². The van der Waals surface area contributed by atoms with E-state index in [1.807, 2.05) is 19.9 Å². The summed E-state index contributed by atoms with van der Waals surface area (Å²) in [6.07, 6.45) is 0. The number of hydrogen-bond donors (Lipinski definition) is 2. The van der Waals surface area contributed by atoms with E-state index in [1.54, 1.807) is 6.92 Å². The van der Waals surface area contributed by atoms with E-state index in [0.717, 1.165) is 16.9 Å². The fraction of sp³-hybridized carbons (Fsp3) is 0.375. The van der Waals surface area contributed by atoms with Gasteiger partial charge in [-0.3, -0.25) is 4.79 Å². The highest BCUT2D eigenvalue weighted by atomic mass is 32.1. The Balaban J connectivity index is 2.91.